The predicted molar refractivity (Wildman–Crippen MR) is 71.5 cm³/mol. The number of nitrogens with zero attached hydrogens (tertiary/aromatic N) is 1. The van der Waals surface area contributed by atoms with E-state index in [4.69, 9.17) is 0 Å². The van der Waals surface area contributed by atoms with Gasteiger partial charge in [0.25, 0.3) is 0 Å². The molecule has 1 aliphatic heterocycles. The van der Waals surface area contributed by atoms with Crippen molar-refractivity contribution in [1.82, 2.24) is 4.90 Å². The zero-order valence-corrected chi connectivity index (χ0v) is 10.9. The van der Waals surface area contributed by atoms with Crippen molar-refractivity contribution >= 4 is 11.6 Å². The predicted octanol–water partition coefficient (Wildman–Crippen LogP) is 1.39. The summed E-state index contributed by atoms with van der Waals surface area (Å²) < 4.78 is 0. The van der Waals surface area contributed by atoms with Gasteiger partial charge in [-0.3, -0.25) is 9.69 Å². The first-order valence-electron chi connectivity index (χ1n) is 6.33. The number of likely N-dealkylation sites (tertiary alicyclic amines) is 1. The maximum absolute atomic E-state index is 11.8. The lowest BCUT2D eigenvalue weighted by Crippen LogP contribution is -2.62. The summed E-state index contributed by atoms with van der Waals surface area (Å²) in [5, 5.41) is 12.8. The number of amides is 1. The monoisotopic (exact) mass is 248 g/mol. The van der Waals surface area contributed by atoms with E-state index in [-0.39, 0.29) is 5.91 Å². The van der Waals surface area contributed by atoms with Crippen molar-refractivity contribution in [2.45, 2.75) is 25.9 Å². The van der Waals surface area contributed by atoms with Crippen LogP contribution in [0, 0.1) is 6.92 Å². The molecule has 2 rings (SSSR count). The van der Waals surface area contributed by atoms with Crippen molar-refractivity contribution in [1.29, 1.82) is 0 Å². The van der Waals surface area contributed by atoms with Gasteiger partial charge in [-0.2, -0.15) is 0 Å². The van der Waals surface area contributed by atoms with E-state index in [1.807, 2.05) is 43.0 Å². The Morgan fingerprint density at radius 1 is 1.44 bits per heavy atom. The summed E-state index contributed by atoms with van der Waals surface area (Å²) in [7, 11) is 0. The van der Waals surface area contributed by atoms with Crippen LogP contribution in [0.3, 0.4) is 0 Å². The lowest BCUT2D eigenvalue weighted by molar-refractivity contribution is -0.128. The van der Waals surface area contributed by atoms with E-state index >= 15 is 0 Å². The van der Waals surface area contributed by atoms with Gasteiger partial charge >= 0.3 is 0 Å². The van der Waals surface area contributed by atoms with E-state index in [0.29, 0.717) is 19.6 Å². The number of aliphatic hydroxyl groups is 1. The van der Waals surface area contributed by atoms with Gasteiger partial charge in [0.15, 0.2) is 0 Å². The van der Waals surface area contributed by atoms with Crippen molar-refractivity contribution in [3.8, 4) is 0 Å². The van der Waals surface area contributed by atoms with E-state index in [1.165, 1.54) is 0 Å². The molecule has 1 aliphatic rings. The van der Waals surface area contributed by atoms with E-state index in [2.05, 4.69) is 5.32 Å². The Labute approximate surface area is 108 Å². The van der Waals surface area contributed by atoms with Gasteiger partial charge in [-0.05, 0) is 25.0 Å². The molecule has 1 aromatic rings. The third-order valence-corrected chi connectivity index (χ3v) is 3.48. The van der Waals surface area contributed by atoms with Gasteiger partial charge in [0, 0.05) is 18.8 Å². The normalized spacial score (nSPS) is 18.2. The third kappa shape index (κ3) is 2.89. The summed E-state index contributed by atoms with van der Waals surface area (Å²) in [5.41, 5.74) is 1.33. The first-order chi connectivity index (χ1) is 8.52. The third-order valence-electron chi connectivity index (χ3n) is 3.48. The fourth-order valence-electron chi connectivity index (χ4n) is 2.23. The quantitative estimate of drug-likeness (QED) is 0.846. The molecule has 0 aromatic heterocycles. The van der Waals surface area contributed by atoms with Gasteiger partial charge < -0.3 is 10.4 Å². The Kier molecular flexibility index (Phi) is 3.68. The molecule has 0 spiro atoms. The summed E-state index contributed by atoms with van der Waals surface area (Å²) in [6, 6.07) is 7.71. The molecule has 1 aromatic carbocycles. The van der Waals surface area contributed by atoms with Crippen LogP contribution in [0.25, 0.3) is 0 Å². The Balaban J connectivity index is 1.82. The minimum Gasteiger partial charge on any atom is -0.387 e. The van der Waals surface area contributed by atoms with Crippen LogP contribution in [0.5, 0.6) is 0 Å². The first-order valence-corrected chi connectivity index (χ1v) is 6.33. The van der Waals surface area contributed by atoms with Crippen molar-refractivity contribution in [2.24, 2.45) is 0 Å². The highest BCUT2D eigenvalue weighted by Crippen LogP contribution is 2.23. The molecule has 0 atom stereocenters. The highest BCUT2D eigenvalue weighted by Gasteiger charge is 2.39. The Hall–Kier alpha value is -1.39. The molecule has 1 saturated heterocycles. The Morgan fingerprint density at radius 3 is 2.72 bits per heavy atom. The summed E-state index contributed by atoms with van der Waals surface area (Å²) in [4.78, 5) is 13.8. The molecule has 4 nitrogen and oxygen atoms in total. The van der Waals surface area contributed by atoms with Crippen LogP contribution in [0.2, 0.25) is 0 Å². The van der Waals surface area contributed by atoms with Crippen LogP contribution in [-0.2, 0) is 4.79 Å². The maximum atomic E-state index is 11.8. The number of benzene rings is 1. The average Bonchev–Trinajstić information content (AvgIpc) is 2.30. The highest BCUT2D eigenvalue weighted by atomic mass is 16.3. The molecule has 0 bridgehead atoms. The Morgan fingerprint density at radius 2 is 2.11 bits per heavy atom. The van der Waals surface area contributed by atoms with Crippen molar-refractivity contribution in [3.05, 3.63) is 29.8 Å². The van der Waals surface area contributed by atoms with Crippen LogP contribution in [0.15, 0.2) is 24.3 Å². The molecule has 1 fully saturated rings. The minimum absolute atomic E-state index is 0.0255. The molecule has 0 unspecified atom stereocenters. The average molecular weight is 248 g/mol. The van der Waals surface area contributed by atoms with E-state index in [1.54, 1.807) is 0 Å². The number of hydrogen-bond acceptors (Lipinski definition) is 3. The molecule has 1 heterocycles. The largest absolute Gasteiger partial charge is 0.387 e. The number of para-hydroxylation sites is 1. The molecule has 0 radical (unpaired) electrons. The fourth-order valence-corrected chi connectivity index (χ4v) is 2.23. The SMILES string of the molecule is CCC1(O)CN(CC(=O)Nc2ccccc2C)C1. The first kappa shape index (κ1) is 13.1. The molecule has 0 saturated carbocycles. The van der Waals surface area contributed by atoms with Gasteiger partial charge in [0.05, 0.1) is 12.1 Å². The fraction of sp³-hybridized carbons (Fsp3) is 0.500. The highest BCUT2D eigenvalue weighted by molar-refractivity contribution is 5.93. The number of anilines is 1. The zero-order chi connectivity index (χ0) is 13.2. The number of carbonyl (C=O) groups is 1. The molecule has 0 aliphatic carbocycles. The lowest BCUT2D eigenvalue weighted by Gasteiger charge is -2.45. The smallest absolute Gasteiger partial charge is 0.238 e. The molecule has 2 N–H and O–H groups in total. The van der Waals surface area contributed by atoms with E-state index in [9.17, 15) is 9.90 Å². The van der Waals surface area contributed by atoms with Crippen LogP contribution in [-0.4, -0.2) is 41.1 Å². The topological polar surface area (TPSA) is 52.6 Å². The van der Waals surface area contributed by atoms with Gasteiger partial charge in [0.1, 0.15) is 0 Å². The van der Waals surface area contributed by atoms with E-state index in [0.717, 1.165) is 17.7 Å². The maximum Gasteiger partial charge on any atom is 0.238 e. The van der Waals surface area contributed by atoms with Crippen LogP contribution >= 0.6 is 0 Å². The summed E-state index contributed by atoms with van der Waals surface area (Å²) in [6.07, 6.45) is 0.739. The van der Waals surface area contributed by atoms with Crippen LogP contribution < -0.4 is 5.32 Å². The van der Waals surface area contributed by atoms with Gasteiger partial charge in [-0.1, -0.05) is 25.1 Å². The molecule has 18 heavy (non-hydrogen) atoms. The van der Waals surface area contributed by atoms with Gasteiger partial charge in [-0.25, -0.2) is 0 Å². The van der Waals surface area contributed by atoms with Crippen molar-refractivity contribution in [3.63, 3.8) is 0 Å². The second-order valence-corrected chi connectivity index (χ2v) is 5.09. The molecular formula is C14H20N2O2. The second kappa shape index (κ2) is 5.08. The summed E-state index contributed by atoms with van der Waals surface area (Å²) in [5.74, 6) is -0.0255. The van der Waals surface area contributed by atoms with Crippen LogP contribution in [0.4, 0.5) is 5.69 Å². The number of aryl methyl sites for hydroxylation is 1. The number of β-amino-alcohol motifs (C(OH)–C–C–N with tert-alkyl or cyclic N) is 1. The number of hydrogen-bond donors (Lipinski definition) is 2. The standard InChI is InChI=1S/C14H20N2O2/c1-3-14(18)9-16(10-14)8-13(17)15-12-7-5-4-6-11(12)2/h4-7,18H,3,8-10H2,1-2H3,(H,15,17). The lowest BCUT2D eigenvalue weighted by atomic mass is 9.91. The number of carbonyl (C=O) groups excluding carboxylic acids is 1. The van der Waals surface area contributed by atoms with Crippen LogP contribution in [0.1, 0.15) is 18.9 Å². The number of nitrogens with one attached hydrogen (secondary N) is 1. The summed E-state index contributed by atoms with van der Waals surface area (Å²) in [6.45, 7) is 5.45. The van der Waals surface area contributed by atoms with Crippen molar-refractivity contribution in [2.75, 3.05) is 25.0 Å². The second-order valence-electron chi connectivity index (χ2n) is 5.09. The molecule has 4 heteroatoms. The molecule has 98 valence electrons. The summed E-state index contributed by atoms with van der Waals surface area (Å²) >= 11 is 0. The molecular weight excluding hydrogens is 228 g/mol. The zero-order valence-electron chi connectivity index (χ0n) is 10.9. The minimum atomic E-state index is -0.580. The van der Waals surface area contributed by atoms with Gasteiger partial charge in [-0.15, -0.1) is 0 Å². The number of rotatable bonds is 4. The Bertz CT molecular complexity index is 439. The van der Waals surface area contributed by atoms with E-state index < -0.39 is 5.60 Å². The van der Waals surface area contributed by atoms with Crippen molar-refractivity contribution < 1.29 is 9.90 Å². The molecule has 1 amide bonds. The van der Waals surface area contributed by atoms with Gasteiger partial charge in [0.2, 0.25) is 5.91 Å².